The first-order chi connectivity index (χ1) is 9.48. The third-order valence-electron chi connectivity index (χ3n) is 2.70. The molecule has 0 fully saturated rings. The number of nitrogens with one attached hydrogen (secondary N) is 1. The van der Waals surface area contributed by atoms with Crippen LogP contribution in [0.3, 0.4) is 0 Å². The van der Waals surface area contributed by atoms with Gasteiger partial charge >= 0.3 is 0 Å². The normalized spacial score (nSPS) is 11.4. The molecule has 0 amide bonds. The van der Waals surface area contributed by atoms with Gasteiger partial charge in [-0.3, -0.25) is 0 Å². The summed E-state index contributed by atoms with van der Waals surface area (Å²) >= 11 is 1.78. The van der Waals surface area contributed by atoms with Crippen LogP contribution in [0.5, 0.6) is 11.5 Å². The molecule has 0 saturated heterocycles. The van der Waals surface area contributed by atoms with Crippen LogP contribution in [-0.2, 0) is 6.54 Å². The monoisotopic (exact) mass is 297 g/mol. The van der Waals surface area contributed by atoms with Crippen molar-refractivity contribution >= 4 is 11.8 Å². The van der Waals surface area contributed by atoms with Gasteiger partial charge in [-0.15, -0.1) is 0 Å². The lowest BCUT2D eigenvalue weighted by Gasteiger charge is -2.22. The Bertz CT molecular complexity index is 402. The molecular formula is C16H27NO2S. The number of ether oxygens (including phenoxy) is 2. The molecule has 3 nitrogen and oxygen atoms in total. The van der Waals surface area contributed by atoms with Gasteiger partial charge in [-0.25, -0.2) is 0 Å². The van der Waals surface area contributed by atoms with Crippen molar-refractivity contribution in [3.63, 3.8) is 0 Å². The number of rotatable bonds is 8. The van der Waals surface area contributed by atoms with Crippen molar-refractivity contribution in [1.29, 1.82) is 0 Å². The zero-order chi connectivity index (χ0) is 15.0. The van der Waals surface area contributed by atoms with Crippen LogP contribution in [0.4, 0.5) is 0 Å². The van der Waals surface area contributed by atoms with Gasteiger partial charge in [-0.2, -0.15) is 11.8 Å². The zero-order valence-corrected chi connectivity index (χ0v) is 14.1. The molecule has 0 aliphatic carbocycles. The standard InChI is InChI=1S/C16H27NO2S/c1-6-18-14-9-7-8-13(12-17-16(2,3)4)15(14)19-10-11-20-5/h7-9,17H,6,10-12H2,1-5H3. The van der Waals surface area contributed by atoms with Crippen LogP contribution in [0.1, 0.15) is 33.3 Å². The van der Waals surface area contributed by atoms with Gasteiger partial charge in [0.2, 0.25) is 0 Å². The van der Waals surface area contributed by atoms with E-state index < -0.39 is 0 Å². The van der Waals surface area contributed by atoms with E-state index in [9.17, 15) is 0 Å². The minimum absolute atomic E-state index is 0.0815. The Morgan fingerprint density at radius 3 is 2.55 bits per heavy atom. The van der Waals surface area contributed by atoms with E-state index in [-0.39, 0.29) is 5.54 Å². The molecule has 0 aliphatic rings. The molecule has 1 rings (SSSR count). The molecule has 1 N–H and O–H groups in total. The van der Waals surface area contributed by atoms with E-state index in [4.69, 9.17) is 9.47 Å². The summed E-state index contributed by atoms with van der Waals surface area (Å²) in [7, 11) is 0. The molecule has 0 heterocycles. The number of hydrogen-bond donors (Lipinski definition) is 1. The first kappa shape index (κ1) is 17.2. The van der Waals surface area contributed by atoms with E-state index >= 15 is 0 Å². The smallest absolute Gasteiger partial charge is 0.165 e. The lowest BCUT2D eigenvalue weighted by Crippen LogP contribution is -2.35. The summed E-state index contributed by atoms with van der Waals surface area (Å²) < 4.78 is 11.6. The second-order valence-electron chi connectivity index (χ2n) is 5.62. The van der Waals surface area contributed by atoms with E-state index in [1.807, 2.05) is 19.1 Å². The molecule has 0 radical (unpaired) electrons. The molecule has 0 saturated carbocycles. The molecule has 1 aromatic carbocycles. The summed E-state index contributed by atoms with van der Waals surface area (Å²) in [6.07, 6.45) is 2.08. The van der Waals surface area contributed by atoms with Crippen LogP contribution in [0.2, 0.25) is 0 Å². The summed E-state index contributed by atoms with van der Waals surface area (Å²) in [6, 6.07) is 6.08. The molecule has 4 heteroatoms. The van der Waals surface area contributed by atoms with Crippen LogP contribution in [-0.4, -0.2) is 30.8 Å². The van der Waals surface area contributed by atoms with Crippen molar-refractivity contribution in [3.8, 4) is 11.5 Å². The number of thioether (sulfide) groups is 1. The van der Waals surface area contributed by atoms with Crippen LogP contribution < -0.4 is 14.8 Å². The average Bonchev–Trinajstić information content (AvgIpc) is 2.38. The SMILES string of the molecule is CCOc1cccc(CNC(C)(C)C)c1OCCSC. The van der Waals surface area contributed by atoms with Crippen LogP contribution in [0.15, 0.2) is 18.2 Å². The van der Waals surface area contributed by atoms with Crippen molar-refractivity contribution in [2.24, 2.45) is 0 Å². The highest BCUT2D eigenvalue weighted by Gasteiger charge is 2.14. The Balaban J connectivity index is 2.86. The van der Waals surface area contributed by atoms with Gasteiger partial charge in [0.05, 0.1) is 13.2 Å². The van der Waals surface area contributed by atoms with Crippen LogP contribution in [0.25, 0.3) is 0 Å². The van der Waals surface area contributed by atoms with Crippen molar-refractivity contribution in [3.05, 3.63) is 23.8 Å². The highest BCUT2D eigenvalue weighted by molar-refractivity contribution is 7.98. The molecule has 0 atom stereocenters. The lowest BCUT2D eigenvalue weighted by molar-refractivity contribution is 0.285. The third kappa shape index (κ3) is 6.06. The van der Waals surface area contributed by atoms with E-state index in [1.54, 1.807) is 11.8 Å². The third-order valence-corrected chi connectivity index (χ3v) is 3.28. The van der Waals surface area contributed by atoms with Crippen LogP contribution >= 0.6 is 11.8 Å². The van der Waals surface area contributed by atoms with E-state index in [1.165, 1.54) is 0 Å². The fourth-order valence-corrected chi connectivity index (χ4v) is 1.97. The van der Waals surface area contributed by atoms with Gasteiger partial charge in [0.1, 0.15) is 0 Å². The summed E-state index contributed by atoms with van der Waals surface area (Å²) in [6.45, 7) is 10.6. The minimum Gasteiger partial charge on any atom is -0.490 e. The highest BCUT2D eigenvalue weighted by atomic mass is 32.2. The molecule has 1 aromatic rings. The largest absolute Gasteiger partial charge is 0.490 e. The molecule has 0 unspecified atom stereocenters. The van der Waals surface area contributed by atoms with E-state index in [0.717, 1.165) is 29.4 Å². The predicted molar refractivity (Wildman–Crippen MR) is 88.1 cm³/mol. The topological polar surface area (TPSA) is 30.5 Å². The maximum absolute atomic E-state index is 5.94. The second kappa shape index (κ2) is 8.42. The average molecular weight is 297 g/mol. The number of benzene rings is 1. The van der Waals surface area contributed by atoms with Gasteiger partial charge in [0.15, 0.2) is 11.5 Å². The van der Waals surface area contributed by atoms with Gasteiger partial charge in [-0.05, 0) is 40.0 Å². The van der Waals surface area contributed by atoms with E-state index in [0.29, 0.717) is 13.2 Å². The van der Waals surface area contributed by atoms with Crippen molar-refractivity contribution in [2.45, 2.75) is 39.8 Å². The Hall–Kier alpha value is -0.870. The van der Waals surface area contributed by atoms with E-state index in [2.05, 4.69) is 38.4 Å². The van der Waals surface area contributed by atoms with Crippen molar-refractivity contribution in [2.75, 3.05) is 25.2 Å². The summed E-state index contributed by atoms with van der Waals surface area (Å²) in [5.74, 6) is 2.69. The Kier molecular flexibility index (Phi) is 7.24. The first-order valence-electron chi connectivity index (χ1n) is 7.09. The minimum atomic E-state index is 0.0815. The number of para-hydroxylation sites is 1. The van der Waals surface area contributed by atoms with Gasteiger partial charge < -0.3 is 14.8 Å². The summed E-state index contributed by atoms with van der Waals surface area (Å²) in [5, 5.41) is 3.50. The maximum Gasteiger partial charge on any atom is 0.165 e. The molecule has 114 valence electrons. The quantitative estimate of drug-likeness (QED) is 0.741. The lowest BCUT2D eigenvalue weighted by atomic mass is 10.1. The Labute approximate surface area is 127 Å². The fraction of sp³-hybridized carbons (Fsp3) is 0.625. The Morgan fingerprint density at radius 2 is 1.95 bits per heavy atom. The first-order valence-corrected chi connectivity index (χ1v) is 8.48. The summed E-state index contributed by atoms with van der Waals surface area (Å²) in [5.41, 5.74) is 1.23. The number of hydrogen-bond acceptors (Lipinski definition) is 4. The molecule has 0 aromatic heterocycles. The summed E-state index contributed by atoms with van der Waals surface area (Å²) in [4.78, 5) is 0. The maximum atomic E-state index is 5.94. The highest BCUT2D eigenvalue weighted by Crippen LogP contribution is 2.31. The van der Waals surface area contributed by atoms with Gasteiger partial charge in [0, 0.05) is 23.4 Å². The fourth-order valence-electron chi connectivity index (χ4n) is 1.72. The molecule has 0 bridgehead atoms. The molecule has 0 spiro atoms. The molecule has 20 heavy (non-hydrogen) atoms. The zero-order valence-electron chi connectivity index (χ0n) is 13.3. The second-order valence-corrected chi connectivity index (χ2v) is 6.61. The molecule has 0 aliphatic heterocycles. The molecular weight excluding hydrogens is 270 g/mol. The Morgan fingerprint density at radius 1 is 1.20 bits per heavy atom. The van der Waals surface area contributed by atoms with Crippen molar-refractivity contribution < 1.29 is 9.47 Å². The van der Waals surface area contributed by atoms with Gasteiger partial charge in [0.25, 0.3) is 0 Å². The van der Waals surface area contributed by atoms with Gasteiger partial charge in [-0.1, -0.05) is 12.1 Å². The van der Waals surface area contributed by atoms with Crippen LogP contribution in [0, 0.1) is 0 Å². The van der Waals surface area contributed by atoms with Crippen molar-refractivity contribution in [1.82, 2.24) is 5.32 Å². The predicted octanol–water partition coefficient (Wildman–Crippen LogP) is 3.72.